The van der Waals surface area contributed by atoms with Crippen LogP contribution in [0.15, 0.2) is 42.5 Å². The van der Waals surface area contributed by atoms with Crippen molar-refractivity contribution in [2.24, 2.45) is 11.8 Å². The summed E-state index contributed by atoms with van der Waals surface area (Å²) in [4.78, 5) is 27.2. The first-order valence-corrected chi connectivity index (χ1v) is 8.20. The molecule has 124 valence electrons. The lowest BCUT2D eigenvalue weighted by Gasteiger charge is -2.32. The van der Waals surface area contributed by atoms with Gasteiger partial charge in [-0.3, -0.25) is 14.5 Å². The summed E-state index contributed by atoms with van der Waals surface area (Å²) in [5.41, 5.74) is -0.0351. The third-order valence-electron chi connectivity index (χ3n) is 5.34. The van der Waals surface area contributed by atoms with E-state index in [9.17, 15) is 9.59 Å². The molecule has 2 amide bonds. The maximum Gasteiger partial charge on any atom is 0.237 e. The second-order valence-corrected chi connectivity index (χ2v) is 6.62. The van der Waals surface area contributed by atoms with Crippen molar-refractivity contribution < 1.29 is 23.8 Å². The van der Waals surface area contributed by atoms with Crippen molar-refractivity contribution in [2.45, 2.75) is 24.5 Å². The molecule has 2 bridgehead atoms. The number of fused-ring (bicyclic) bond motifs is 5. The standard InChI is InChI=1S/C18H17NO5/c20-15-13-12-6-7-18(24-12,17-22-8-9-23-17)14(13)16(21)19(15)10-11-4-2-1-3-5-11/h1-7,12-14,17H,8-10H2/t12-,13+,14-,18-/m1/s1. The predicted molar refractivity (Wildman–Crippen MR) is 81.4 cm³/mol. The highest BCUT2D eigenvalue weighted by molar-refractivity contribution is 6.07. The molecular weight excluding hydrogens is 310 g/mol. The smallest absolute Gasteiger partial charge is 0.237 e. The summed E-state index contributed by atoms with van der Waals surface area (Å²) in [5.74, 6) is -1.39. The normalized spacial score (nSPS) is 37.7. The predicted octanol–water partition coefficient (Wildman–Crippen LogP) is 0.868. The SMILES string of the molecule is O=C1[C@H]2[C@H]3C=C[C@@](C4OCCO4)(O3)[C@H]2C(=O)N1Cc1ccccc1. The highest BCUT2D eigenvalue weighted by Crippen LogP contribution is 2.54. The van der Waals surface area contributed by atoms with E-state index in [-0.39, 0.29) is 17.9 Å². The highest BCUT2D eigenvalue weighted by atomic mass is 16.7. The molecule has 24 heavy (non-hydrogen) atoms. The van der Waals surface area contributed by atoms with Crippen LogP contribution < -0.4 is 0 Å². The third-order valence-corrected chi connectivity index (χ3v) is 5.34. The van der Waals surface area contributed by atoms with Crippen LogP contribution in [0.4, 0.5) is 0 Å². The molecule has 0 spiro atoms. The van der Waals surface area contributed by atoms with E-state index in [2.05, 4.69) is 0 Å². The molecule has 4 atom stereocenters. The summed E-state index contributed by atoms with van der Waals surface area (Å²) >= 11 is 0. The minimum Gasteiger partial charge on any atom is -0.357 e. The van der Waals surface area contributed by atoms with E-state index in [1.165, 1.54) is 4.90 Å². The van der Waals surface area contributed by atoms with Crippen LogP contribution in [0.2, 0.25) is 0 Å². The van der Waals surface area contributed by atoms with Gasteiger partial charge in [0.05, 0.1) is 37.7 Å². The summed E-state index contributed by atoms with van der Waals surface area (Å²) in [6.45, 7) is 1.24. The number of hydrogen-bond donors (Lipinski definition) is 0. The molecule has 0 unspecified atom stereocenters. The zero-order chi connectivity index (χ0) is 16.3. The number of carbonyl (C=O) groups is 2. The van der Waals surface area contributed by atoms with E-state index < -0.39 is 23.7 Å². The average molecular weight is 327 g/mol. The molecule has 0 radical (unpaired) electrons. The van der Waals surface area contributed by atoms with Crippen LogP contribution in [0.1, 0.15) is 5.56 Å². The molecular formula is C18H17NO5. The van der Waals surface area contributed by atoms with Gasteiger partial charge in [-0.15, -0.1) is 0 Å². The maximum absolute atomic E-state index is 13.0. The molecule has 4 aliphatic heterocycles. The monoisotopic (exact) mass is 327 g/mol. The van der Waals surface area contributed by atoms with E-state index in [1.54, 1.807) is 0 Å². The van der Waals surface area contributed by atoms with E-state index in [0.717, 1.165) is 5.56 Å². The van der Waals surface area contributed by atoms with Crippen LogP contribution >= 0.6 is 0 Å². The Morgan fingerprint density at radius 2 is 1.83 bits per heavy atom. The molecule has 3 fully saturated rings. The maximum atomic E-state index is 13.0. The molecule has 5 rings (SSSR count). The lowest BCUT2D eigenvalue weighted by Crippen LogP contribution is -2.49. The van der Waals surface area contributed by atoms with Gasteiger partial charge in [0.15, 0.2) is 11.9 Å². The van der Waals surface area contributed by atoms with Crippen LogP contribution in [0, 0.1) is 11.8 Å². The van der Waals surface area contributed by atoms with Gasteiger partial charge >= 0.3 is 0 Å². The van der Waals surface area contributed by atoms with Crippen molar-refractivity contribution in [1.82, 2.24) is 4.90 Å². The van der Waals surface area contributed by atoms with Gasteiger partial charge in [-0.2, -0.15) is 0 Å². The topological polar surface area (TPSA) is 65.1 Å². The van der Waals surface area contributed by atoms with Gasteiger partial charge in [0.2, 0.25) is 11.8 Å². The van der Waals surface area contributed by atoms with Crippen molar-refractivity contribution in [1.29, 1.82) is 0 Å². The molecule has 6 nitrogen and oxygen atoms in total. The van der Waals surface area contributed by atoms with Crippen molar-refractivity contribution >= 4 is 11.8 Å². The molecule has 0 aromatic heterocycles. The molecule has 1 aromatic rings. The summed E-state index contributed by atoms with van der Waals surface area (Å²) < 4.78 is 17.3. The molecule has 4 aliphatic rings. The highest BCUT2D eigenvalue weighted by Gasteiger charge is 2.71. The van der Waals surface area contributed by atoms with E-state index in [0.29, 0.717) is 19.8 Å². The molecule has 0 saturated carbocycles. The first-order valence-electron chi connectivity index (χ1n) is 8.20. The number of rotatable bonds is 3. The van der Waals surface area contributed by atoms with Crippen molar-refractivity contribution in [2.75, 3.05) is 13.2 Å². The van der Waals surface area contributed by atoms with Gasteiger partial charge in [0.25, 0.3) is 0 Å². The van der Waals surface area contributed by atoms with Gasteiger partial charge in [0.1, 0.15) is 0 Å². The van der Waals surface area contributed by atoms with Gasteiger partial charge in [-0.1, -0.05) is 36.4 Å². The average Bonchev–Trinajstić information content (AvgIpc) is 3.36. The van der Waals surface area contributed by atoms with Crippen molar-refractivity contribution in [3.05, 3.63) is 48.0 Å². The van der Waals surface area contributed by atoms with E-state index in [1.807, 2.05) is 42.5 Å². The largest absolute Gasteiger partial charge is 0.357 e. The second-order valence-electron chi connectivity index (χ2n) is 6.62. The Hall–Kier alpha value is -2.02. The summed E-state index contributed by atoms with van der Waals surface area (Å²) in [6.07, 6.45) is 2.72. The Labute approximate surface area is 139 Å². The molecule has 6 heteroatoms. The Balaban J connectivity index is 1.48. The van der Waals surface area contributed by atoms with E-state index >= 15 is 0 Å². The minimum absolute atomic E-state index is 0.164. The molecule has 4 heterocycles. The van der Waals surface area contributed by atoms with Gasteiger partial charge < -0.3 is 14.2 Å². The quantitative estimate of drug-likeness (QED) is 0.609. The Kier molecular flexibility index (Phi) is 2.98. The number of hydrogen-bond acceptors (Lipinski definition) is 5. The Bertz CT molecular complexity index is 726. The van der Waals surface area contributed by atoms with Gasteiger partial charge in [0, 0.05) is 0 Å². The molecule has 0 aliphatic carbocycles. The third kappa shape index (κ3) is 1.76. The summed E-state index contributed by atoms with van der Waals surface area (Å²) in [5, 5.41) is 0. The number of nitrogens with zero attached hydrogens (tertiary/aromatic N) is 1. The van der Waals surface area contributed by atoms with E-state index in [4.69, 9.17) is 14.2 Å². The fraction of sp³-hybridized carbons (Fsp3) is 0.444. The summed E-state index contributed by atoms with van der Waals surface area (Å²) in [7, 11) is 0. The van der Waals surface area contributed by atoms with Crippen LogP contribution in [0.25, 0.3) is 0 Å². The second kappa shape index (κ2) is 4.99. The van der Waals surface area contributed by atoms with Crippen LogP contribution in [0.3, 0.4) is 0 Å². The number of imide groups is 1. The first-order chi connectivity index (χ1) is 11.7. The van der Waals surface area contributed by atoms with Gasteiger partial charge in [-0.25, -0.2) is 0 Å². The van der Waals surface area contributed by atoms with Crippen molar-refractivity contribution in [3.8, 4) is 0 Å². The lowest BCUT2D eigenvalue weighted by molar-refractivity contribution is -0.183. The number of carbonyl (C=O) groups excluding carboxylic acids is 2. The Morgan fingerprint density at radius 1 is 1.08 bits per heavy atom. The van der Waals surface area contributed by atoms with Crippen LogP contribution in [-0.4, -0.2) is 47.9 Å². The number of ether oxygens (including phenoxy) is 3. The van der Waals surface area contributed by atoms with Crippen LogP contribution in [-0.2, 0) is 30.3 Å². The van der Waals surface area contributed by atoms with Gasteiger partial charge in [-0.05, 0) is 11.6 Å². The summed E-state index contributed by atoms with van der Waals surface area (Å²) in [6, 6.07) is 9.54. The number of likely N-dealkylation sites (tertiary alicyclic amines) is 1. The Morgan fingerprint density at radius 3 is 2.58 bits per heavy atom. The molecule has 1 aromatic carbocycles. The number of amides is 2. The zero-order valence-electron chi connectivity index (χ0n) is 13.0. The molecule has 0 N–H and O–H groups in total. The molecule has 3 saturated heterocycles. The number of benzene rings is 1. The van der Waals surface area contributed by atoms with Crippen LogP contribution in [0.5, 0.6) is 0 Å². The fourth-order valence-corrected chi connectivity index (χ4v) is 4.31. The minimum atomic E-state index is -0.968. The van der Waals surface area contributed by atoms with Crippen molar-refractivity contribution in [3.63, 3.8) is 0 Å². The fourth-order valence-electron chi connectivity index (χ4n) is 4.31. The lowest BCUT2D eigenvalue weighted by atomic mass is 9.76. The first kappa shape index (κ1) is 14.3. The zero-order valence-corrected chi connectivity index (χ0v) is 13.0.